The highest BCUT2D eigenvalue weighted by molar-refractivity contribution is 14.0. The minimum Gasteiger partial charge on any atom is -0.383 e. The van der Waals surface area contributed by atoms with Crippen LogP contribution in [0.1, 0.15) is 19.8 Å². The fourth-order valence-electron chi connectivity index (χ4n) is 0.997. The zero-order valence-corrected chi connectivity index (χ0v) is 12.5. The van der Waals surface area contributed by atoms with Gasteiger partial charge in [-0.05, 0) is 19.8 Å². The van der Waals surface area contributed by atoms with Gasteiger partial charge in [-0.15, -0.1) is 24.0 Å². The van der Waals surface area contributed by atoms with Gasteiger partial charge in [0.15, 0.2) is 5.96 Å². The second-order valence-electron chi connectivity index (χ2n) is 3.09. The van der Waals surface area contributed by atoms with Crippen LogP contribution in [0.15, 0.2) is 4.99 Å². The molecule has 0 amide bonds. The summed E-state index contributed by atoms with van der Waals surface area (Å²) in [6.07, 6.45) is 2.04. The number of methoxy groups -OCH3 is 1. The van der Waals surface area contributed by atoms with Crippen molar-refractivity contribution in [1.29, 1.82) is 0 Å². The number of nitrogens with one attached hydrogen (secondary N) is 1. The summed E-state index contributed by atoms with van der Waals surface area (Å²) in [5, 5.41) is 2.96. The Kier molecular flexibility index (Phi) is 17.1. The van der Waals surface area contributed by atoms with Gasteiger partial charge >= 0.3 is 0 Å². The predicted octanol–water partition coefficient (Wildman–Crippen LogP) is 0.972. The Labute approximate surface area is 115 Å². The van der Waals surface area contributed by atoms with Gasteiger partial charge in [0.25, 0.3) is 0 Å². The molecule has 0 unspecified atom stereocenters. The summed E-state index contributed by atoms with van der Waals surface area (Å²) in [6.45, 7) is 5.67. The van der Waals surface area contributed by atoms with Crippen LogP contribution in [0.25, 0.3) is 0 Å². The maximum Gasteiger partial charge on any atom is 0.188 e. The molecule has 0 fully saturated rings. The van der Waals surface area contributed by atoms with Crippen molar-refractivity contribution in [3.8, 4) is 0 Å². The number of unbranched alkanes of at least 4 members (excludes halogenated alkanes) is 1. The van der Waals surface area contributed by atoms with E-state index in [0.29, 0.717) is 19.1 Å². The molecule has 0 saturated heterocycles. The number of rotatable bonds is 9. The fraction of sp³-hybridized carbons (Fsp3) is 0.900. The molecule has 3 N–H and O–H groups in total. The lowest BCUT2D eigenvalue weighted by atomic mass is 10.3. The van der Waals surface area contributed by atoms with E-state index in [1.54, 1.807) is 7.11 Å². The summed E-state index contributed by atoms with van der Waals surface area (Å²) in [5.41, 5.74) is 5.61. The number of nitrogens with two attached hydrogens (primary N) is 1. The van der Waals surface area contributed by atoms with Gasteiger partial charge in [0, 0.05) is 33.4 Å². The third-order valence-corrected chi connectivity index (χ3v) is 1.80. The van der Waals surface area contributed by atoms with Crippen LogP contribution in [0.4, 0.5) is 0 Å². The third-order valence-electron chi connectivity index (χ3n) is 1.80. The molecule has 0 aliphatic rings. The number of hydrogen-bond donors (Lipinski definition) is 2. The quantitative estimate of drug-likeness (QED) is 0.283. The van der Waals surface area contributed by atoms with Gasteiger partial charge in [-0.3, -0.25) is 4.99 Å². The van der Waals surface area contributed by atoms with E-state index in [4.69, 9.17) is 15.2 Å². The molecular weight excluding hydrogens is 321 g/mol. The van der Waals surface area contributed by atoms with Crippen molar-refractivity contribution in [3.63, 3.8) is 0 Å². The Hall–Kier alpha value is -0.0800. The maximum atomic E-state index is 5.61. The van der Waals surface area contributed by atoms with Gasteiger partial charge in [-0.2, -0.15) is 0 Å². The molecule has 0 aromatic heterocycles. The Morgan fingerprint density at radius 1 is 1.31 bits per heavy atom. The van der Waals surface area contributed by atoms with Gasteiger partial charge < -0.3 is 20.5 Å². The van der Waals surface area contributed by atoms with E-state index in [1.165, 1.54) is 0 Å². The fourth-order valence-corrected chi connectivity index (χ4v) is 0.997. The first-order valence-electron chi connectivity index (χ1n) is 5.41. The van der Waals surface area contributed by atoms with Gasteiger partial charge in [-0.25, -0.2) is 0 Å². The van der Waals surface area contributed by atoms with Crippen molar-refractivity contribution in [3.05, 3.63) is 0 Å². The number of aliphatic imine (C=N–C) groups is 1. The van der Waals surface area contributed by atoms with E-state index < -0.39 is 0 Å². The lowest BCUT2D eigenvalue weighted by molar-refractivity contribution is 0.144. The first kappa shape index (κ1) is 18.3. The van der Waals surface area contributed by atoms with Crippen molar-refractivity contribution in [2.75, 3.05) is 40.0 Å². The Morgan fingerprint density at radius 3 is 2.69 bits per heavy atom. The van der Waals surface area contributed by atoms with E-state index in [-0.39, 0.29) is 24.0 Å². The van der Waals surface area contributed by atoms with Crippen LogP contribution in [0, 0.1) is 0 Å². The highest BCUT2D eigenvalue weighted by Gasteiger charge is 1.91. The SMILES string of the molecule is CCOCCCCN=C(N)NCCOC.I. The Bertz CT molecular complexity index is 168. The second kappa shape index (κ2) is 14.9. The number of guanidine groups is 1. The average Bonchev–Trinajstić information content (AvgIpc) is 2.23. The molecule has 0 aromatic rings. The first-order valence-corrected chi connectivity index (χ1v) is 5.41. The summed E-state index contributed by atoms with van der Waals surface area (Å²) >= 11 is 0. The maximum absolute atomic E-state index is 5.61. The highest BCUT2D eigenvalue weighted by atomic mass is 127. The summed E-state index contributed by atoms with van der Waals surface area (Å²) in [5.74, 6) is 0.489. The van der Waals surface area contributed by atoms with E-state index in [1.807, 2.05) is 6.92 Å². The topological polar surface area (TPSA) is 68.9 Å². The van der Waals surface area contributed by atoms with E-state index >= 15 is 0 Å². The largest absolute Gasteiger partial charge is 0.383 e. The molecule has 16 heavy (non-hydrogen) atoms. The minimum atomic E-state index is 0. The Morgan fingerprint density at radius 2 is 2.06 bits per heavy atom. The van der Waals surface area contributed by atoms with E-state index in [9.17, 15) is 0 Å². The summed E-state index contributed by atoms with van der Waals surface area (Å²) in [6, 6.07) is 0. The monoisotopic (exact) mass is 345 g/mol. The second-order valence-corrected chi connectivity index (χ2v) is 3.09. The number of ether oxygens (including phenoxy) is 2. The van der Waals surface area contributed by atoms with Gasteiger partial charge in [-0.1, -0.05) is 0 Å². The van der Waals surface area contributed by atoms with Gasteiger partial charge in [0.2, 0.25) is 0 Å². The summed E-state index contributed by atoms with van der Waals surface area (Å²) in [4.78, 5) is 4.17. The standard InChI is InChI=1S/C10H23N3O2.HI/c1-3-15-8-5-4-6-12-10(11)13-7-9-14-2;/h3-9H2,1-2H3,(H3,11,12,13);1H. The van der Waals surface area contributed by atoms with Crippen molar-refractivity contribution in [2.45, 2.75) is 19.8 Å². The lowest BCUT2D eigenvalue weighted by Crippen LogP contribution is -2.34. The van der Waals surface area contributed by atoms with Crippen molar-refractivity contribution < 1.29 is 9.47 Å². The van der Waals surface area contributed by atoms with Crippen molar-refractivity contribution in [1.82, 2.24) is 5.32 Å². The van der Waals surface area contributed by atoms with Gasteiger partial charge in [0.1, 0.15) is 0 Å². The molecular formula is C10H24IN3O2. The Balaban J connectivity index is 0. The summed E-state index contributed by atoms with van der Waals surface area (Å²) in [7, 11) is 1.66. The van der Waals surface area contributed by atoms with Crippen molar-refractivity contribution in [2.24, 2.45) is 10.7 Å². The van der Waals surface area contributed by atoms with Crippen LogP contribution >= 0.6 is 24.0 Å². The number of hydrogen-bond acceptors (Lipinski definition) is 3. The highest BCUT2D eigenvalue weighted by Crippen LogP contribution is 1.90. The molecule has 98 valence electrons. The van der Waals surface area contributed by atoms with Crippen LogP contribution in [0.5, 0.6) is 0 Å². The molecule has 0 bridgehead atoms. The van der Waals surface area contributed by atoms with Crippen LogP contribution < -0.4 is 11.1 Å². The molecule has 0 spiro atoms. The molecule has 0 aliphatic heterocycles. The molecule has 5 nitrogen and oxygen atoms in total. The van der Waals surface area contributed by atoms with E-state index in [0.717, 1.165) is 32.6 Å². The predicted molar refractivity (Wildman–Crippen MR) is 77.5 cm³/mol. The summed E-state index contributed by atoms with van der Waals surface area (Å²) < 4.78 is 10.1. The van der Waals surface area contributed by atoms with Crippen LogP contribution in [0.3, 0.4) is 0 Å². The van der Waals surface area contributed by atoms with Crippen LogP contribution in [-0.4, -0.2) is 46.0 Å². The van der Waals surface area contributed by atoms with E-state index in [2.05, 4.69) is 10.3 Å². The van der Waals surface area contributed by atoms with Gasteiger partial charge in [0.05, 0.1) is 6.61 Å². The van der Waals surface area contributed by atoms with Crippen LogP contribution in [0.2, 0.25) is 0 Å². The lowest BCUT2D eigenvalue weighted by Gasteiger charge is -2.04. The minimum absolute atomic E-state index is 0. The first-order chi connectivity index (χ1) is 7.31. The molecule has 0 aromatic carbocycles. The number of halogens is 1. The number of nitrogens with zero attached hydrogens (tertiary/aromatic N) is 1. The molecule has 0 atom stereocenters. The molecule has 0 rings (SSSR count). The molecule has 0 heterocycles. The molecule has 0 saturated carbocycles. The zero-order valence-electron chi connectivity index (χ0n) is 10.2. The smallest absolute Gasteiger partial charge is 0.188 e. The zero-order chi connectivity index (χ0) is 11.4. The normalized spacial score (nSPS) is 11.0. The van der Waals surface area contributed by atoms with Crippen LogP contribution in [-0.2, 0) is 9.47 Å². The van der Waals surface area contributed by atoms with Crippen molar-refractivity contribution >= 4 is 29.9 Å². The molecule has 0 radical (unpaired) electrons. The molecule has 0 aliphatic carbocycles. The molecule has 6 heteroatoms. The average molecular weight is 345 g/mol. The third kappa shape index (κ3) is 13.9.